The van der Waals surface area contributed by atoms with Crippen LogP contribution in [-0.2, 0) is 0 Å². The van der Waals surface area contributed by atoms with E-state index in [0.29, 0.717) is 5.69 Å². The second-order valence-electron chi connectivity index (χ2n) is 7.86. The SMILES string of the molecule is Cc1c(C(=O)N2CCCC2)sc2ncnc(N3CCN(c4ccccc4F)CC3)c12. The second kappa shape index (κ2) is 7.83. The van der Waals surface area contributed by atoms with Crippen molar-refractivity contribution in [2.75, 3.05) is 49.1 Å². The molecule has 8 heteroatoms. The minimum Gasteiger partial charge on any atom is -0.366 e. The van der Waals surface area contributed by atoms with Crippen LogP contribution in [0.2, 0.25) is 0 Å². The molecule has 0 atom stereocenters. The van der Waals surface area contributed by atoms with Crippen molar-refractivity contribution in [3.63, 3.8) is 0 Å². The van der Waals surface area contributed by atoms with Crippen LogP contribution in [0.3, 0.4) is 0 Å². The maximum absolute atomic E-state index is 14.2. The van der Waals surface area contributed by atoms with Crippen LogP contribution in [0.1, 0.15) is 28.1 Å². The van der Waals surface area contributed by atoms with E-state index in [1.165, 1.54) is 17.4 Å². The van der Waals surface area contributed by atoms with E-state index in [2.05, 4.69) is 19.8 Å². The highest BCUT2D eigenvalue weighted by Gasteiger charge is 2.28. The lowest BCUT2D eigenvalue weighted by molar-refractivity contribution is 0.0797. The monoisotopic (exact) mass is 425 g/mol. The van der Waals surface area contributed by atoms with Crippen molar-refractivity contribution in [1.82, 2.24) is 14.9 Å². The van der Waals surface area contributed by atoms with E-state index in [1.54, 1.807) is 12.4 Å². The number of aromatic nitrogens is 2. The number of fused-ring (bicyclic) bond motifs is 1. The van der Waals surface area contributed by atoms with Crippen molar-refractivity contribution in [3.8, 4) is 0 Å². The summed E-state index contributed by atoms with van der Waals surface area (Å²) in [5.74, 6) is 0.805. The van der Waals surface area contributed by atoms with Crippen molar-refractivity contribution < 1.29 is 9.18 Å². The standard InChI is InChI=1S/C22H24FN5OS/c1-15-18-20(27-12-10-26(11-13-27)17-7-3-2-6-16(17)23)24-14-25-21(18)30-19(15)22(29)28-8-4-5-9-28/h2-3,6-7,14H,4-5,8-13H2,1H3. The third kappa shape index (κ3) is 3.29. The Morgan fingerprint density at radius 1 is 1.00 bits per heavy atom. The fourth-order valence-corrected chi connectivity index (χ4v) is 5.54. The topological polar surface area (TPSA) is 52.6 Å². The van der Waals surface area contributed by atoms with Gasteiger partial charge in [0.25, 0.3) is 5.91 Å². The highest BCUT2D eigenvalue weighted by molar-refractivity contribution is 7.20. The first-order chi connectivity index (χ1) is 14.6. The number of likely N-dealkylation sites (tertiary alicyclic amines) is 1. The Bertz CT molecular complexity index is 1090. The van der Waals surface area contributed by atoms with Gasteiger partial charge in [0.1, 0.15) is 22.8 Å². The molecule has 0 bridgehead atoms. The van der Waals surface area contributed by atoms with Crippen molar-refractivity contribution in [2.45, 2.75) is 19.8 Å². The molecule has 2 aliphatic heterocycles. The number of benzene rings is 1. The van der Waals surface area contributed by atoms with Gasteiger partial charge in [-0.25, -0.2) is 14.4 Å². The van der Waals surface area contributed by atoms with E-state index in [4.69, 9.17) is 0 Å². The molecular weight excluding hydrogens is 401 g/mol. The van der Waals surface area contributed by atoms with Crippen LogP contribution in [0.15, 0.2) is 30.6 Å². The molecule has 30 heavy (non-hydrogen) atoms. The molecule has 0 unspecified atom stereocenters. The third-order valence-electron chi connectivity index (χ3n) is 6.07. The number of carbonyl (C=O) groups excluding carboxylic acids is 1. The van der Waals surface area contributed by atoms with Crippen LogP contribution >= 0.6 is 11.3 Å². The number of piperazine rings is 1. The average molecular weight is 426 g/mol. The zero-order valence-electron chi connectivity index (χ0n) is 17.0. The van der Waals surface area contributed by atoms with Gasteiger partial charge < -0.3 is 14.7 Å². The number of anilines is 2. The number of thiophene rings is 1. The number of hydrogen-bond donors (Lipinski definition) is 0. The molecule has 2 saturated heterocycles. The van der Waals surface area contributed by atoms with Gasteiger partial charge in [-0.3, -0.25) is 4.79 Å². The van der Waals surface area contributed by atoms with Gasteiger partial charge in [-0.1, -0.05) is 12.1 Å². The molecule has 3 aromatic rings. The van der Waals surface area contributed by atoms with Gasteiger partial charge in [0.2, 0.25) is 0 Å². The number of rotatable bonds is 3. The number of amides is 1. The number of carbonyl (C=O) groups is 1. The quantitative estimate of drug-likeness (QED) is 0.641. The first kappa shape index (κ1) is 19.2. The molecule has 2 aliphatic rings. The largest absolute Gasteiger partial charge is 0.366 e. The van der Waals surface area contributed by atoms with Gasteiger partial charge in [-0.2, -0.15) is 0 Å². The van der Waals surface area contributed by atoms with Crippen molar-refractivity contribution >= 4 is 39.0 Å². The lowest BCUT2D eigenvalue weighted by Gasteiger charge is -2.37. The zero-order valence-corrected chi connectivity index (χ0v) is 17.8. The number of nitrogens with zero attached hydrogens (tertiary/aromatic N) is 5. The molecule has 0 saturated carbocycles. The zero-order chi connectivity index (χ0) is 20.7. The van der Waals surface area contributed by atoms with E-state index < -0.39 is 0 Å². The van der Waals surface area contributed by atoms with E-state index in [9.17, 15) is 9.18 Å². The molecule has 0 aliphatic carbocycles. The summed E-state index contributed by atoms with van der Waals surface area (Å²) in [6.07, 6.45) is 3.74. The Labute approximate surface area is 178 Å². The fraction of sp³-hybridized carbons (Fsp3) is 0.409. The first-order valence-corrected chi connectivity index (χ1v) is 11.2. The first-order valence-electron chi connectivity index (χ1n) is 10.4. The average Bonchev–Trinajstić information content (AvgIpc) is 3.42. The summed E-state index contributed by atoms with van der Waals surface area (Å²) in [5, 5.41) is 0.976. The minimum absolute atomic E-state index is 0.114. The van der Waals surface area contributed by atoms with Gasteiger partial charge in [-0.15, -0.1) is 11.3 Å². The Morgan fingerprint density at radius 3 is 2.43 bits per heavy atom. The fourth-order valence-electron chi connectivity index (χ4n) is 4.43. The summed E-state index contributed by atoms with van der Waals surface area (Å²) in [4.78, 5) is 29.9. The molecule has 4 heterocycles. The lowest BCUT2D eigenvalue weighted by atomic mass is 10.1. The van der Waals surface area contributed by atoms with E-state index in [0.717, 1.165) is 78.6 Å². The molecule has 156 valence electrons. The molecule has 5 rings (SSSR count). The van der Waals surface area contributed by atoms with Gasteiger partial charge in [0, 0.05) is 39.3 Å². The van der Waals surface area contributed by atoms with E-state index in [1.807, 2.05) is 24.0 Å². The number of aryl methyl sites for hydroxylation is 1. The van der Waals surface area contributed by atoms with E-state index >= 15 is 0 Å². The highest BCUT2D eigenvalue weighted by Crippen LogP contribution is 2.36. The molecule has 0 spiro atoms. The van der Waals surface area contributed by atoms with Gasteiger partial charge in [0.15, 0.2) is 0 Å². The summed E-state index contributed by atoms with van der Waals surface area (Å²) in [5.41, 5.74) is 1.62. The Hall–Kier alpha value is -2.74. The Kier molecular flexibility index (Phi) is 5.02. The maximum Gasteiger partial charge on any atom is 0.264 e. The smallest absolute Gasteiger partial charge is 0.264 e. The summed E-state index contributed by atoms with van der Waals surface area (Å²) < 4.78 is 14.2. The lowest BCUT2D eigenvalue weighted by Crippen LogP contribution is -2.47. The van der Waals surface area contributed by atoms with Crippen molar-refractivity contribution in [2.24, 2.45) is 0 Å². The third-order valence-corrected chi connectivity index (χ3v) is 7.25. The van der Waals surface area contributed by atoms with Crippen molar-refractivity contribution in [3.05, 3.63) is 46.9 Å². The van der Waals surface area contributed by atoms with Gasteiger partial charge >= 0.3 is 0 Å². The summed E-state index contributed by atoms with van der Waals surface area (Å²) >= 11 is 1.47. The number of halogens is 1. The molecule has 1 aromatic carbocycles. The predicted molar refractivity (Wildman–Crippen MR) is 118 cm³/mol. The van der Waals surface area contributed by atoms with Gasteiger partial charge in [0.05, 0.1) is 16.0 Å². The summed E-state index contributed by atoms with van der Waals surface area (Å²) in [7, 11) is 0. The molecule has 1 amide bonds. The molecular formula is C22H24FN5OS. The number of hydrogen-bond acceptors (Lipinski definition) is 6. The van der Waals surface area contributed by atoms with Crippen LogP contribution < -0.4 is 9.80 Å². The normalized spacial score (nSPS) is 17.2. The summed E-state index contributed by atoms with van der Waals surface area (Å²) in [6.45, 7) is 6.59. The minimum atomic E-state index is -0.186. The van der Waals surface area contributed by atoms with Crippen LogP contribution in [0, 0.1) is 12.7 Å². The Balaban J connectivity index is 1.41. The molecule has 2 fully saturated rings. The molecule has 2 aromatic heterocycles. The van der Waals surface area contributed by atoms with Crippen molar-refractivity contribution in [1.29, 1.82) is 0 Å². The Morgan fingerprint density at radius 2 is 1.70 bits per heavy atom. The molecule has 0 N–H and O–H groups in total. The van der Waals surface area contributed by atoms with Crippen LogP contribution in [0.4, 0.5) is 15.9 Å². The molecule has 6 nitrogen and oxygen atoms in total. The van der Waals surface area contributed by atoms with Crippen LogP contribution in [-0.4, -0.2) is 60.0 Å². The van der Waals surface area contributed by atoms with Crippen LogP contribution in [0.5, 0.6) is 0 Å². The van der Waals surface area contributed by atoms with Crippen LogP contribution in [0.25, 0.3) is 10.2 Å². The predicted octanol–water partition coefficient (Wildman–Crippen LogP) is 3.70. The van der Waals surface area contributed by atoms with E-state index in [-0.39, 0.29) is 11.7 Å². The second-order valence-corrected chi connectivity index (χ2v) is 8.86. The van der Waals surface area contributed by atoms with Gasteiger partial charge in [-0.05, 0) is 37.5 Å². The highest BCUT2D eigenvalue weighted by atomic mass is 32.1. The number of para-hydroxylation sites is 1. The molecule has 0 radical (unpaired) electrons. The summed E-state index contributed by atoms with van der Waals surface area (Å²) in [6, 6.07) is 6.91. The maximum atomic E-state index is 14.2.